The number of hydrogen-bond acceptors (Lipinski definition) is 6. The number of benzene rings is 2. The Labute approximate surface area is 190 Å². The molecule has 1 aliphatic rings. The summed E-state index contributed by atoms with van der Waals surface area (Å²) in [4.78, 5) is 12.4. The molecule has 1 heterocycles. The van der Waals surface area contributed by atoms with Crippen LogP contribution in [0.3, 0.4) is 0 Å². The van der Waals surface area contributed by atoms with Gasteiger partial charge in [-0.25, -0.2) is 0 Å². The molecule has 158 valence electrons. The van der Waals surface area contributed by atoms with Gasteiger partial charge >= 0.3 is 0 Å². The second kappa shape index (κ2) is 10.2. The summed E-state index contributed by atoms with van der Waals surface area (Å²) in [5.74, 6) is 1.63. The Balaban J connectivity index is 1.60. The predicted molar refractivity (Wildman–Crippen MR) is 126 cm³/mol. The highest BCUT2D eigenvalue weighted by Crippen LogP contribution is 2.38. The van der Waals surface area contributed by atoms with Crippen molar-refractivity contribution in [1.82, 2.24) is 5.32 Å². The fraction of sp³-hybridized carbons (Fsp3) is 0.273. The summed E-state index contributed by atoms with van der Waals surface area (Å²) in [6, 6.07) is 9.64. The minimum atomic E-state index is -0.218. The number of hydrogen-bond donors (Lipinski definition) is 1. The molecule has 0 saturated carbocycles. The van der Waals surface area contributed by atoms with E-state index in [2.05, 4.69) is 11.4 Å². The lowest BCUT2D eigenvalue weighted by Gasteiger charge is -2.14. The van der Waals surface area contributed by atoms with Crippen LogP contribution in [-0.4, -0.2) is 30.6 Å². The van der Waals surface area contributed by atoms with E-state index in [0.717, 1.165) is 22.4 Å². The van der Waals surface area contributed by atoms with Crippen molar-refractivity contribution in [3.63, 3.8) is 0 Å². The van der Waals surface area contributed by atoms with E-state index in [1.165, 1.54) is 11.8 Å². The number of rotatable bonds is 8. The average molecular weight is 464 g/mol. The van der Waals surface area contributed by atoms with E-state index in [4.69, 9.17) is 38.0 Å². The molecule has 30 heavy (non-hydrogen) atoms. The standard InChI is InChI=1S/C22H22ClNO4S2/c1-13-5-6-14(2)17(9-13)27-7-4-8-28-20-16(23)10-15(11-18(20)26-3)12-19-21(25)24-22(29)30-19/h5-6,9-12H,4,7-8H2,1-3H3,(H,24,25,29)/b19-12-. The highest BCUT2D eigenvalue weighted by atomic mass is 35.5. The summed E-state index contributed by atoms with van der Waals surface area (Å²) in [5, 5.41) is 2.99. The third kappa shape index (κ3) is 5.68. The molecule has 8 heteroatoms. The summed E-state index contributed by atoms with van der Waals surface area (Å²) >= 11 is 12.6. The van der Waals surface area contributed by atoms with E-state index in [0.29, 0.717) is 45.4 Å². The lowest BCUT2D eigenvalue weighted by Crippen LogP contribution is -2.17. The van der Waals surface area contributed by atoms with Crippen LogP contribution < -0.4 is 19.5 Å². The number of nitrogens with one attached hydrogen (secondary N) is 1. The SMILES string of the molecule is COc1cc(/C=C2\SC(=S)NC2=O)cc(Cl)c1OCCCOc1cc(C)ccc1C. The Kier molecular flexibility index (Phi) is 7.64. The number of methoxy groups -OCH3 is 1. The Bertz CT molecular complexity index is 1010. The second-order valence-electron chi connectivity index (χ2n) is 6.71. The van der Waals surface area contributed by atoms with Gasteiger partial charge in [-0.15, -0.1) is 0 Å². The summed E-state index contributed by atoms with van der Waals surface area (Å²) in [7, 11) is 1.55. The summed E-state index contributed by atoms with van der Waals surface area (Å²) in [6.07, 6.45) is 2.41. The lowest BCUT2D eigenvalue weighted by atomic mass is 10.1. The first-order valence-corrected chi connectivity index (χ1v) is 10.9. The normalized spacial score (nSPS) is 14.7. The molecule has 1 aliphatic heterocycles. The number of carbonyl (C=O) groups excluding carboxylic acids is 1. The largest absolute Gasteiger partial charge is 0.493 e. The van der Waals surface area contributed by atoms with Crippen LogP contribution in [0.5, 0.6) is 17.2 Å². The van der Waals surface area contributed by atoms with E-state index in [1.807, 2.05) is 26.0 Å². The molecule has 0 atom stereocenters. The third-order valence-corrected chi connectivity index (χ3v) is 5.77. The van der Waals surface area contributed by atoms with E-state index in [1.54, 1.807) is 25.3 Å². The molecule has 1 amide bonds. The van der Waals surface area contributed by atoms with Crippen LogP contribution in [0.15, 0.2) is 35.2 Å². The molecule has 1 fully saturated rings. The summed E-state index contributed by atoms with van der Waals surface area (Å²) in [6.45, 7) is 5.01. The van der Waals surface area contributed by atoms with Gasteiger partial charge in [-0.2, -0.15) is 0 Å². The minimum absolute atomic E-state index is 0.218. The van der Waals surface area contributed by atoms with E-state index < -0.39 is 0 Å². The maximum Gasteiger partial charge on any atom is 0.263 e. The summed E-state index contributed by atoms with van der Waals surface area (Å²) < 4.78 is 17.6. The maximum atomic E-state index is 11.9. The predicted octanol–water partition coefficient (Wildman–Crippen LogP) is 5.30. The van der Waals surface area contributed by atoms with Crippen LogP contribution in [-0.2, 0) is 4.79 Å². The van der Waals surface area contributed by atoms with Gasteiger partial charge in [-0.05, 0) is 54.8 Å². The first-order valence-electron chi connectivity index (χ1n) is 9.32. The van der Waals surface area contributed by atoms with Crippen molar-refractivity contribution in [3.05, 3.63) is 56.9 Å². The molecule has 2 aromatic carbocycles. The van der Waals surface area contributed by atoms with Gasteiger partial charge in [0.15, 0.2) is 11.5 Å². The van der Waals surface area contributed by atoms with Gasteiger partial charge in [0.2, 0.25) is 0 Å². The number of carbonyl (C=O) groups is 1. The molecule has 1 N–H and O–H groups in total. The van der Waals surface area contributed by atoms with E-state index in [9.17, 15) is 4.79 Å². The minimum Gasteiger partial charge on any atom is -0.493 e. The number of ether oxygens (including phenoxy) is 3. The van der Waals surface area contributed by atoms with Crippen molar-refractivity contribution in [2.24, 2.45) is 0 Å². The van der Waals surface area contributed by atoms with Crippen molar-refractivity contribution in [3.8, 4) is 17.2 Å². The van der Waals surface area contributed by atoms with Gasteiger partial charge in [0.25, 0.3) is 5.91 Å². The molecule has 0 aliphatic carbocycles. The number of thiocarbonyl (C=S) groups is 1. The van der Waals surface area contributed by atoms with Gasteiger partial charge in [-0.1, -0.05) is 47.7 Å². The van der Waals surface area contributed by atoms with Crippen LogP contribution in [0.25, 0.3) is 6.08 Å². The number of aryl methyl sites for hydroxylation is 2. The maximum absolute atomic E-state index is 11.9. The first kappa shape index (κ1) is 22.5. The molecule has 5 nitrogen and oxygen atoms in total. The van der Waals surface area contributed by atoms with Crippen LogP contribution >= 0.6 is 35.6 Å². The van der Waals surface area contributed by atoms with Crippen LogP contribution in [0, 0.1) is 13.8 Å². The number of amides is 1. The van der Waals surface area contributed by atoms with Crippen LogP contribution in [0.1, 0.15) is 23.1 Å². The topological polar surface area (TPSA) is 56.8 Å². The van der Waals surface area contributed by atoms with Crippen molar-refractivity contribution < 1.29 is 19.0 Å². The Morgan fingerprint density at radius 2 is 1.90 bits per heavy atom. The van der Waals surface area contributed by atoms with E-state index in [-0.39, 0.29) is 5.91 Å². The highest BCUT2D eigenvalue weighted by molar-refractivity contribution is 8.26. The quantitative estimate of drug-likeness (QED) is 0.325. The first-order chi connectivity index (χ1) is 14.4. The Morgan fingerprint density at radius 3 is 2.60 bits per heavy atom. The highest BCUT2D eigenvalue weighted by Gasteiger charge is 2.22. The molecule has 0 radical (unpaired) electrons. The number of thioether (sulfide) groups is 1. The van der Waals surface area contributed by atoms with Gasteiger partial charge < -0.3 is 19.5 Å². The molecule has 0 spiro atoms. The fourth-order valence-electron chi connectivity index (χ4n) is 2.81. The van der Waals surface area contributed by atoms with Crippen molar-refractivity contribution in [2.75, 3.05) is 20.3 Å². The lowest BCUT2D eigenvalue weighted by molar-refractivity contribution is -0.115. The molecule has 0 aromatic heterocycles. The molecule has 2 aromatic rings. The third-order valence-electron chi connectivity index (χ3n) is 4.33. The van der Waals surface area contributed by atoms with Gasteiger partial charge in [0.1, 0.15) is 10.1 Å². The molecule has 0 bridgehead atoms. The van der Waals surface area contributed by atoms with Crippen molar-refractivity contribution in [2.45, 2.75) is 20.3 Å². The van der Waals surface area contributed by atoms with Gasteiger partial charge in [0, 0.05) is 6.42 Å². The molecule has 3 rings (SSSR count). The Hall–Kier alpha value is -2.22. The zero-order valence-corrected chi connectivity index (χ0v) is 19.3. The van der Waals surface area contributed by atoms with Gasteiger partial charge in [0.05, 0.1) is 30.3 Å². The van der Waals surface area contributed by atoms with Gasteiger partial charge in [-0.3, -0.25) is 4.79 Å². The monoisotopic (exact) mass is 463 g/mol. The van der Waals surface area contributed by atoms with E-state index >= 15 is 0 Å². The number of halogens is 1. The van der Waals surface area contributed by atoms with Crippen LogP contribution in [0.4, 0.5) is 0 Å². The molecular formula is C22H22ClNO4S2. The van der Waals surface area contributed by atoms with Crippen LogP contribution in [0.2, 0.25) is 5.02 Å². The fourth-order valence-corrected chi connectivity index (χ4v) is 4.13. The van der Waals surface area contributed by atoms with Crippen molar-refractivity contribution >= 4 is 51.9 Å². The molecule has 0 unspecified atom stereocenters. The average Bonchev–Trinajstić information content (AvgIpc) is 3.01. The molecular weight excluding hydrogens is 442 g/mol. The molecule has 1 saturated heterocycles. The second-order valence-corrected chi connectivity index (χ2v) is 8.83. The smallest absolute Gasteiger partial charge is 0.263 e. The summed E-state index contributed by atoms with van der Waals surface area (Å²) in [5.41, 5.74) is 2.99. The zero-order valence-electron chi connectivity index (χ0n) is 16.9. The Morgan fingerprint density at radius 1 is 1.13 bits per heavy atom. The van der Waals surface area contributed by atoms with Crippen molar-refractivity contribution in [1.29, 1.82) is 0 Å². The zero-order chi connectivity index (χ0) is 21.7.